The Morgan fingerprint density at radius 1 is 1.22 bits per heavy atom. The van der Waals surface area contributed by atoms with Gasteiger partial charge in [-0.2, -0.15) is 0 Å². The van der Waals surface area contributed by atoms with Gasteiger partial charge in [-0.3, -0.25) is 4.79 Å². The maximum atomic E-state index is 11.7. The van der Waals surface area contributed by atoms with Crippen molar-refractivity contribution in [2.45, 2.75) is 0 Å². The van der Waals surface area contributed by atoms with E-state index in [0.717, 1.165) is 6.08 Å². The minimum absolute atomic E-state index is 0.271. The highest BCUT2D eigenvalue weighted by atomic mass is 79.9. The second-order valence-corrected chi connectivity index (χ2v) is 5.82. The third kappa shape index (κ3) is 5.42. The largest absolute Gasteiger partial charge is 0.452 e. The molecule has 0 aliphatic carbocycles. The van der Waals surface area contributed by atoms with Crippen molar-refractivity contribution in [2.75, 3.05) is 11.9 Å². The molecule has 0 radical (unpaired) electrons. The third-order valence-corrected chi connectivity index (χ3v) is 3.61. The van der Waals surface area contributed by atoms with Gasteiger partial charge in [-0.05, 0) is 46.3 Å². The van der Waals surface area contributed by atoms with Gasteiger partial charge in [0, 0.05) is 6.08 Å². The quantitative estimate of drug-likeness (QED) is 0.571. The molecule has 0 atom stereocenters. The Morgan fingerprint density at radius 2 is 1.91 bits per heavy atom. The summed E-state index contributed by atoms with van der Waals surface area (Å²) in [5.41, 5.74) is 0.271. The molecule has 5 nitrogen and oxygen atoms in total. The Labute approximate surface area is 150 Å². The van der Waals surface area contributed by atoms with Gasteiger partial charge in [0.1, 0.15) is 5.76 Å². The number of benzene rings is 1. The number of furan rings is 1. The molecule has 0 bridgehead atoms. The zero-order chi connectivity index (χ0) is 16.8. The van der Waals surface area contributed by atoms with Gasteiger partial charge in [-0.1, -0.05) is 29.3 Å². The Morgan fingerprint density at radius 3 is 2.52 bits per heavy atom. The summed E-state index contributed by atoms with van der Waals surface area (Å²) in [5.74, 6) is -0.762. The van der Waals surface area contributed by atoms with Gasteiger partial charge in [0.15, 0.2) is 11.3 Å². The highest BCUT2D eigenvalue weighted by Gasteiger charge is 2.11. The van der Waals surface area contributed by atoms with Gasteiger partial charge in [0.05, 0.1) is 15.7 Å². The summed E-state index contributed by atoms with van der Waals surface area (Å²) in [5, 5.41) is 3.07. The molecular weight excluding hydrogens is 409 g/mol. The van der Waals surface area contributed by atoms with Crippen LogP contribution in [0.2, 0.25) is 10.0 Å². The molecule has 2 aromatic rings. The monoisotopic (exact) mass is 417 g/mol. The number of esters is 1. The van der Waals surface area contributed by atoms with Gasteiger partial charge in [0.2, 0.25) is 0 Å². The number of hydrogen-bond acceptors (Lipinski definition) is 4. The minimum atomic E-state index is -0.682. The lowest BCUT2D eigenvalue weighted by Gasteiger charge is -2.08. The van der Waals surface area contributed by atoms with Crippen LogP contribution < -0.4 is 5.32 Å². The third-order valence-electron chi connectivity index (χ3n) is 2.55. The molecule has 0 unspecified atom stereocenters. The summed E-state index contributed by atoms with van der Waals surface area (Å²) < 4.78 is 10.5. The predicted octanol–water partition coefficient (Wildman–Crippen LogP) is 4.54. The molecule has 1 amide bonds. The molecular formula is C15H10BrCl2NO4. The van der Waals surface area contributed by atoms with Crippen molar-refractivity contribution in [3.8, 4) is 0 Å². The molecule has 8 heteroatoms. The van der Waals surface area contributed by atoms with Crippen molar-refractivity contribution < 1.29 is 18.7 Å². The average Bonchev–Trinajstić information content (AvgIpc) is 2.92. The van der Waals surface area contributed by atoms with E-state index in [1.54, 1.807) is 30.3 Å². The molecule has 1 heterocycles. The fraction of sp³-hybridized carbons (Fsp3) is 0.0667. The topological polar surface area (TPSA) is 68.5 Å². The van der Waals surface area contributed by atoms with Crippen LogP contribution in [0.15, 0.2) is 45.5 Å². The first-order valence-corrected chi connectivity index (χ1v) is 7.84. The van der Waals surface area contributed by atoms with Gasteiger partial charge in [-0.15, -0.1) is 0 Å². The molecule has 1 aromatic carbocycles. The molecule has 0 aliphatic heterocycles. The van der Waals surface area contributed by atoms with Crippen molar-refractivity contribution in [2.24, 2.45) is 0 Å². The van der Waals surface area contributed by atoms with Crippen LogP contribution in [-0.2, 0) is 14.3 Å². The van der Waals surface area contributed by atoms with Crippen molar-refractivity contribution in [3.63, 3.8) is 0 Å². The Balaban J connectivity index is 1.84. The van der Waals surface area contributed by atoms with Crippen LogP contribution in [0.25, 0.3) is 6.08 Å². The summed E-state index contributed by atoms with van der Waals surface area (Å²) in [6, 6.07) is 8.17. The van der Waals surface area contributed by atoms with Crippen LogP contribution in [-0.4, -0.2) is 18.5 Å². The first-order valence-electron chi connectivity index (χ1n) is 6.30. The van der Waals surface area contributed by atoms with Gasteiger partial charge < -0.3 is 14.5 Å². The number of ether oxygens (including phenoxy) is 1. The van der Waals surface area contributed by atoms with Gasteiger partial charge in [0.25, 0.3) is 5.91 Å². The molecule has 0 fully saturated rings. The van der Waals surface area contributed by atoms with Crippen LogP contribution in [0.1, 0.15) is 5.76 Å². The normalized spacial score (nSPS) is 10.7. The molecule has 0 aliphatic rings. The Bertz CT molecular complexity index is 737. The van der Waals surface area contributed by atoms with Gasteiger partial charge in [-0.25, -0.2) is 4.79 Å². The predicted molar refractivity (Wildman–Crippen MR) is 91.5 cm³/mol. The van der Waals surface area contributed by atoms with Crippen molar-refractivity contribution in [3.05, 3.63) is 56.9 Å². The average molecular weight is 419 g/mol. The molecule has 0 saturated carbocycles. The summed E-state index contributed by atoms with van der Waals surface area (Å²) >= 11 is 15.0. The molecule has 120 valence electrons. The maximum absolute atomic E-state index is 11.7. The van der Waals surface area contributed by atoms with E-state index in [-0.39, 0.29) is 5.69 Å². The summed E-state index contributed by atoms with van der Waals surface area (Å²) in [6.07, 6.45) is 2.58. The first kappa shape index (κ1) is 17.6. The van der Waals surface area contributed by atoms with E-state index in [1.165, 1.54) is 6.08 Å². The summed E-state index contributed by atoms with van der Waals surface area (Å²) in [7, 11) is 0. The van der Waals surface area contributed by atoms with Crippen LogP contribution in [0.4, 0.5) is 5.69 Å². The lowest BCUT2D eigenvalue weighted by atomic mass is 10.3. The van der Waals surface area contributed by atoms with E-state index >= 15 is 0 Å². The fourth-order valence-corrected chi connectivity index (χ4v) is 2.36. The second kappa shape index (κ2) is 8.19. The number of nitrogens with one attached hydrogen (secondary N) is 1. The molecule has 2 rings (SSSR count). The van der Waals surface area contributed by atoms with E-state index in [0.29, 0.717) is 20.5 Å². The number of carbonyl (C=O) groups excluding carboxylic acids is 2. The number of carbonyl (C=O) groups is 2. The van der Waals surface area contributed by atoms with E-state index in [2.05, 4.69) is 21.2 Å². The maximum Gasteiger partial charge on any atom is 0.331 e. The first-order chi connectivity index (χ1) is 11.0. The SMILES string of the molecule is O=C(COC(=O)/C=C/c1ccc(Br)o1)Nc1c(Cl)cccc1Cl. The number of hydrogen-bond donors (Lipinski definition) is 1. The Kier molecular flexibility index (Phi) is 6.27. The van der Waals surface area contributed by atoms with E-state index in [4.69, 9.17) is 32.4 Å². The fourth-order valence-electron chi connectivity index (χ4n) is 1.55. The van der Waals surface area contributed by atoms with Crippen LogP contribution in [0.3, 0.4) is 0 Å². The van der Waals surface area contributed by atoms with E-state index in [9.17, 15) is 9.59 Å². The number of halogens is 3. The minimum Gasteiger partial charge on any atom is -0.452 e. The van der Waals surface area contributed by atoms with Crippen LogP contribution in [0.5, 0.6) is 0 Å². The molecule has 1 N–H and O–H groups in total. The lowest BCUT2D eigenvalue weighted by Crippen LogP contribution is -2.20. The van der Waals surface area contributed by atoms with E-state index < -0.39 is 18.5 Å². The molecule has 23 heavy (non-hydrogen) atoms. The van der Waals surface area contributed by atoms with Crippen molar-refractivity contribution >= 4 is 62.8 Å². The molecule has 1 aromatic heterocycles. The van der Waals surface area contributed by atoms with Gasteiger partial charge >= 0.3 is 5.97 Å². The number of anilines is 1. The number of rotatable bonds is 5. The molecule has 0 saturated heterocycles. The van der Waals surface area contributed by atoms with E-state index in [1.807, 2.05) is 0 Å². The number of para-hydroxylation sites is 1. The zero-order valence-electron chi connectivity index (χ0n) is 11.5. The summed E-state index contributed by atoms with van der Waals surface area (Å²) in [6.45, 7) is -0.466. The smallest absolute Gasteiger partial charge is 0.331 e. The number of amides is 1. The molecule has 0 spiro atoms. The Hall–Kier alpha value is -1.76. The lowest BCUT2D eigenvalue weighted by molar-refractivity contribution is -0.142. The second-order valence-electron chi connectivity index (χ2n) is 4.23. The standard InChI is InChI=1S/C15H10BrCl2NO4/c16-12-6-4-9(23-12)5-7-14(21)22-8-13(20)19-15-10(17)2-1-3-11(15)18/h1-7H,8H2,(H,19,20)/b7-5+. The van der Waals surface area contributed by atoms with Crippen LogP contribution in [0, 0.1) is 0 Å². The highest BCUT2D eigenvalue weighted by molar-refractivity contribution is 9.10. The zero-order valence-corrected chi connectivity index (χ0v) is 14.6. The van der Waals surface area contributed by atoms with Crippen molar-refractivity contribution in [1.29, 1.82) is 0 Å². The highest BCUT2D eigenvalue weighted by Crippen LogP contribution is 2.29. The van der Waals surface area contributed by atoms with Crippen LogP contribution >= 0.6 is 39.1 Å². The van der Waals surface area contributed by atoms with Crippen molar-refractivity contribution in [1.82, 2.24) is 0 Å². The summed E-state index contributed by atoms with van der Waals surface area (Å²) in [4.78, 5) is 23.3.